The number of hydrogen-bond acceptors (Lipinski definition) is 4. The lowest BCUT2D eigenvalue weighted by molar-refractivity contribution is 0.0773. The van der Waals surface area contributed by atoms with Crippen molar-refractivity contribution in [2.45, 2.75) is 36.5 Å². The van der Waals surface area contributed by atoms with E-state index in [1.807, 2.05) is 28.8 Å². The molecule has 2 heterocycles. The van der Waals surface area contributed by atoms with Crippen molar-refractivity contribution in [3.63, 3.8) is 0 Å². The SMILES string of the molecule is CC(C)Sc1ccc(C(=O)N2CCC(N3CCNCC3)C2)cc1. The van der Waals surface area contributed by atoms with Gasteiger partial charge in [0.05, 0.1) is 0 Å². The molecule has 1 aromatic carbocycles. The summed E-state index contributed by atoms with van der Waals surface area (Å²) in [6.07, 6.45) is 1.10. The van der Waals surface area contributed by atoms with Gasteiger partial charge in [-0.25, -0.2) is 0 Å². The maximum Gasteiger partial charge on any atom is 0.253 e. The molecule has 5 heteroatoms. The smallest absolute Gasteiger partial charge is 0.253 e. The monoisotopic (exact) mass is 333 g/mol. The van der Waals surface area contributed by atoms with E-state index < -0.39 is 0 Å². The number of nitrogens with one attached hydrogen (secondary N) is 1. The van der Waals surface area contributed by atoms with Crippen molar-refractivity contribution in [3.8, 4) is 0 Å². The molecule has 3 rings (SSSR count). The summed E-state index contributed by atoms with van der Waals surface area (Å²) in [6.45, 7) is 10.5. The van der Waals surface area contributed by atoms with Crippen LogP contribution in [0.4, 0.5) is 0 Å². The number of piperazine rings is 1. The number of likely N-dealkylation sites (tertiary alicyclic amines) is 1. The molecular weight excluding hydrogens is 306 g/mol. The van der Waals surface area contributed by atoms with Crippen LogP contribution in [0.2, 0.25) is 0 Å². The van der Waals surface area contributed by atoms with Crippen LogP contribution in [-0.4, -0.2) is 66.3 Å². The van der Waals surface area contributed by atoms with Gasteiger partial charge < -0.3 is 10.2 Å². The van der Waals surface area contributed by atoms with Gasteiger partial charge in [0, 0.05) is 61.0 Å². The Balaban J connectivity index is 1.58. The molecule has 1 unspecified atom stereocenters. The van der Waals surface area contributed by atoms with Crippen LogP contribution in [0.25, 0.3) is 0 Å². The summed E-state index contributed by atoms with van der Waals surface area (Å²) in [7, 11) is 0. The highest BCUT2D eigenvalue weighted by Crippen LogP contribution is 2.24. The van der Waals surface area contributed by atoms with E-state index in [2.05, 4.69) is 36.2 Å². The Labute approximate surface area is 143 Å². The summed E-state index contributed by atoms with van der Waals surface area (Å²) < 4.78 is 0. The van der Waals surface area contributed by atoms with E-state index in [-0.39, 0.29) is 5.91 Å². The highest BCUT2D eigenvalue weighted by atomic mass is 32.2. The molecule has 1 amide bonds. The number of carbonyl (C=O) groups is 1. The summed E-state index contributed by atoms with van der Waals surface area (Å²) in [5.74, 6) is 0.184. The number of benzene rings is 1. The molecule has 0 aliphatic carbocycles. The van der Waals surface area contributed by atoms with E-state index in [1.165, 1.54) is 4.90 Å². The van der Waals surface area contributed by atoms with Crippen LogP contribution >= 0.6 is 11.8 Å². The molecule has 1 aromatic rings. The molecule has 0 bridgehead atoms. The summed E-state index contributed by atoms with van der Waals surface area (Å²) in [5.41, 5.74) is 0.819. The molecule has 23 heavy (non-hydrogen) atoms. The lowest BCUT2D eigenvalue weighted by atomic mass is 10.2. The third kappa shape index (κ3) is 4.28. The number of amides is 1. The highest BCUT2D eigenvalue weighted by molar-refractivity contribution is 7.99. The van der Waals surface area contributed by atoms with E-state index in [9.17, 15) is 4.79 Å². The summed E-state index contributed by atoms with van der Waals surface area (Å²) in [4.78, 5) is 18.5. The minimum Gasteiger partial charge on any atom is -0.337 e. The topological polar surface area (TPSA) is 35.6 Å². The Morgan fingerprint density at radius 1 is 1.17 bits per heavy atom. The predicted octanol–water partition coefficient (Wildman–Crippen LogP) is 2.31. The van der Waals surface area contributed by atoms with Gasteiger partial charge in [-0.1, -0.05) is 13.8 Å². The lowest BCUT2D eigenvalue weighted by Gasteiger charge is -2.32. The van der Waals surface area contributed by atoms with Gasteiger partial charge >= 0.3 is 0 Å². The average Bonchev–Trinajstić information content (AvgIpc) is 3.05. The number of hydrogen-bond donors (Lipinski definition) is 1. The average molecular weight is 334 g/mol. The fourth-order valence-electron chi connectivity index (χ4n) is 3.40. The Bertz CT molecular complexity index is 526. The zero-order valence-electron chi connectivity index (χ0n) is 14.1. The van der Waals surface area contributed by atoms with E-state index in [4.69, 9.17) is 0 Å². The van der Waals surface area contributed by atoms with E-state index >= 15 is 0 Å². The molecule has 2 aliphatic rings. The summed E-state index contributed by atoms with van der Waals surface area (Å²) in [6, 6.07) is 8.64. The van der Waals surface area contributed by atoms with Crippen LogP contribution in [0.5, 0.6) is 0 Å². The van der Waals surface area contributed by atoms with Gasteiger partial charge in [0.1, 0.15) is 0 Å². The molecule has 126 valence electrons. The molecule has 2 aliphatic heterocycles. The fourth-order valence-corrected chi connectivity index (χ4v) is 4.24. The predicted molar refractivity (Wildman–Crippen MR) is 96.2 cm³/mol. The standard InChI is InChI=1S/C18H27N3OS/c1-14(2)23-17-5-3-15(4-6-17)18(22)21-10-7-16(13-21)20-11-8-19-9-12-20/h3-6,14,16,19H,7-13H2,1-2H3. The molecule has 2 fully saturated rings. The van der Waals surface area contributed by atoms with Gasteiger partial charge in [-0.15, -0.1) is 11.8 Å². The van der Waals surface area contributed by atoms with Crippen molar-refractivity contribution >= 4 is 17.7 Å². The van der Waals surface area contributed by atoms with Crippen LogP contribution in [0.15, 0.2) is 29.2 Å². The van der Waals surface area contributed by atoms with Crippen molar-refractivity contribution in [2.75, 3.05) is 39.3 Å². The summed E-state index contributed by atoms with van der Waals surface area (Å²) >= 11 is 1.83. The first-order valence-electron chi connectivity index (χ1n) is 8.64. The maximum atomic E-state index is 12.7. The second kappa shape index (κ2) is 7.69. The normalized spacial score (nSPS) is 22.7. The van der Waals surface area contributed by atoms with Gasteiger partial charge in [0.25, 0.3) is 5.91 Å². The molecular formula is C18H27N3OS. The van der Waals surface area contributed by atoms with Crippen LogP contribution < -0.4 is 5.32 Å². The Kier molecular flexibility index (Phi) is 5.62. The first-order valence-corrected chi connectivity index (χ1v) is 9.52. The molecule has 0 aromatic heterocycles. The van der Waals surface area contributed by atoms with Crippen molar-refractivity contribution in [3.05, 3.63) is 29.8 Å². The van der Waals surface area contributed by atoms with Crippen LogP contribution in [0.3, 0.4) is 0 Å². The van der Waals surface area contributed by atoms with E-state index in [0.29, 0.717) is 11.3 Å². The molecule has 4 nitrogen and oxygen atoms in total. The van der Waals surface area contributed by atoms with Crippen LogP contribution in [0, 0.1) is 0 Å². The van der Waals surface area contributed by atoms with Gasteiger partial charge in [0.15, 0.2) is 0 Å². The lowest BCUT2D eigenvalue weighted by Crippen LogP contribution is -2.49. The minimum absolute atomic E-state index is 0.184. The molecule has 2 saturated heterocycles. The third-order valence-electron chi connectivity index (χ3n) is 4.59. The highest BCUT2D eigenvalue weighted by Gasteiger charge is 2.31. The number of thioether (sulfide) groups is 1. The Morgan fingerprint density at radius 2 is 1.87 bits per heavy atom. The maximum absolute atomic E-state index is 12.7. The second-order valence-corrected chi connectivity index (χ2v) is 8.32. The van der Waals surface area contributed by atoms with Crippen LogP contribution in [-0.2, 0) is 0 Å². The largest absolute Gasteiger partial charge is 0.337 e. The quantitative estimate of drug-likeness (QED) is 0.858. The van der Waals surface area contributed by atoms with Crippen molar-refractivity contribution in [1.29, 1.82) is 0 Å². The number of rotatable bonds is 4. The molecule has 1 N–H and O–H groups in total. The van der Waals surface area contributed by atoms with Crippen molar-refractivity contribution in [1.82, 2.24) is 15.1 Å². The van der Waals surface area contributed by atoms with Crippen molar-refractivity contribution < 1.29 is 4.79 Å². The zero-order valence-corrected chi connectivity index (χ0v) is 14.9. The molecule has 1 atom stereocenters. The van der Waals surface area contributed by atoms with Gasteiger partial charge in [-0.05, 0) is 30.7 Å². The second-order valence-electron chi connectivity index (χ2n) is 6.67. The van der Waals surface area contributed by atoms with Gasteiger partial charge in [-0.3, -0.25) is 9.69 Å². The van der Waals surface area contributed by atoms with E-state index in [1.54, 1.807) is 0 Å². The molecule has 0 radical (unpaired) electrons. The van der Waals surface area contributed by atoms with Crippen LogP contribution in [0.1, 0.15) is 30.6 Å². The minimum atomic E-state index is 0.184. The van der Waals surface area contributed by atoms with Gasteiger partial charge in [0.2, 0.25) is 0 Å². The summed E-state index contributed by atoms with van der Waals surface area (Å²) in [5, 5.41) is 3.96. The Morgan fingerprint density at radius 3 is 2.52 bits per heavy atom. The van der Waals surface area contributed by atoms with E-state index in [0.717, 1.165) is 51.3 Å². The first-order chi connectivity index (χ1) is 11.1. The fraction of sp³-hybridized carbons (Fsp3) is 0.611. The molecule has 0 spiro atoms. The van der Waals surface area contributed by atoms with Gasteiger partial charge in [-0.2, -0.15) is 0 Å². The number of carbonyl (C=O) groups excluding carboxylic acids is 1. The van der Waals surface area contributed by atoms with Crippen molar-refractivity contribution in [2.24, 2.45) is 0 Å². The zero-order chi connectivity index (χ0) is 16.2. The first kappa shape index (κ1) is 16.8. The molecule has 0 saturated carbocycles. The Hall–Kier alpha value is -1.04. The number of nitrogens with zero attached hydrogens (tertiary/aromatic N) is 2. The third-order valence-corrected chi connectivity index (χ3v) is 5.61.